The third kappa shape index (κ3) is 5.30. The Balaban J connectivity index is 1.50. The lowest BCUT2D eigenvalue weighted by Gasteiger charge is -2.31. The highest BCUT2D eigenvalue weighted by atomic mass is 32.2. The van der Waals surface area contributed by atoms with Crippen LogP contribution in [-0.4, -0.2) is 62.8 Å². The van der Waals surface area contributed by atoms with Crippen LogP contribution in [0.2, 0.25) is 0 Å². The van der Waals surface area contributed by atoms with Gasteiger partial charge in [-0.1, -0.05) is 17.7 Å². The van der Waals surface area contributed by atoms with Crippen molar-refractivity contribution in [1.29, 1.82) is 0 Å². The number of sulfonamides is 1. The third-order valence-corrected chi connectivity index (χ3v) is 7.44. The molecule has 27 heavy (non-hydrogen) atoms. The summed E-state index contributed by atoms with van der Waals surface area (Å²) in [6, 6.07) is 6.90. The largest absolute Gasteiger partial charge is 0.356 e. The molecule has 1 amide bonds. The Kier molecular flexibility index (Phi) is 6.89. The minimum atomic E-state index is -3.53. The summed E-state index contributed by atoms with van der Waals surface area (Å²) in [5, 5.41) is 3.01. The summed E-state index contributed by atoms with van der Waals surface area (Å²) in [5.41, 5.74) is 1.03. The van der Waals surface area contributed by atoms with Crippen LogP contribution in [0.5, 0.6) is 0 Å². The number of carbonyl (C=O) groups excluding carboxylic acids is 1. The summed E-state index contributed by atoms with van der Waals surface area (Å²) in [4.78, 5) is 15.2. The first-order chi connectivity index (χ1) is 13.0. The van der Waals surface area contributed by atoms with Gasteiger partial charge in [-0.25, -0.2) is 8.42 Å². The van der Waals surface area contributed by atoms with E-state index < -0.39 is 10.0 Å². The fourth-order valence-corrected chi connectivity index (χ4v) is 5.42. The standard InChI is InChI=1S/C20H31N3O3S/c1-17-7-9-19(10-8-17)27(25,26)23-15-4-6-18(16-23)20(24)21-11-5-14-22-12-2-3-13-22/h7-10,18H,2-6,11-16H2,1H3,(H,21,24)/t18-/m1/s1. The molecule has 0 saturated carbocycles. The Morgan fingerprint density at radius 1 is 1.11 bits per heavy atom. The number of piperidine rings is 1. The number of nitrogens with one attached hydrogen (secondary N) is 1. The van der Waals surface area contributed by atoms with E-state index in [1.54, 1.807) is 24.3 Å². The maximum Gasteiger partial charge on any atom is 0.243 e. The molecule has 1 aromatic carbocycles. The molecular formula is C20H31N3O3S. The van der Waals surface area contributed by atoms with Crippen molar-refractivity contribution in [2.24, 2.45) is 5.92 Å². The van der Waals surface area contributed by atoms with E-state index in [1.165, 1.54) is 30.2 Å². The number of hydrogen-bond donors (Lipinski definition) is 1. The van der Waals surface area contributed by atoms with Crippen LogP contribution in [0.3, 0.4) is 0 Å². The smallest absolute Gasteiger partial charge is 0.243 e. The van der Waals surface area contributed by atoms with E-state index in [1.807, 2.05) is 6.92 Å². The van der Waals surface area contributed by atoms with E-state index in [2.05, 4.69) is 10.2 Å². The predicted octanol–water partition coefficient (Wildman–Crippen LogP) is 2.00. The number of rotatable bonds is 7. The fourth-order valence-electron chi connectivity index (χ4n) is 3.90. The molecule has 2 heterocycles. The van der Waals surface area contributed by atoms with Crippen molar-refractivity contribution in [2.45, 2.75) is 43.9 Å². The van der Waals surface area contributed by atoms with E-state index in [4.69, 9.17) is 0 Å². The number of hydrogen-bond acceptors (Lipinski definition) is 4. The second-order valence-electron chi connectivity index (χ2n) is 7.71. The lowest BCUT2D eigenvalue weighted by molar-refractivity contribution is -0.126. The van der Waals surface area contributed by atoms with Crippen LogP contribution in [0.25, 0.3) is 0 Å². The van der Waals surface area contributed by atoms with Gasteiger partial charge in [-0.15, -0.1) is 0 Å². The maximum absolute atomic E-state index is 12.9. The molecule has 6 nitrogen and oxygen atoms in total. The van der Waals surface area contributed by atoms with Gasteiger partial charge in [0.2, 0.25) is 15.9 Å². The zero-order valence-electron chi connectivity index (χ0n) is 16.2. The van der Waals surface area contributed by atoms with Gasteiger partial charge in [-0.3, -0.25) is 4.79 Å². The topological polar surface area (TPSA) is 69.7 Å². The molecular weight excluding hydrogens is 362 g/mol. The molecule has 2 saturated heterocycles. The molecule has 1 N–H and O–H groups in total. The number of likely N-dealkylation sites (tertiary alicyclic amines) is 1. The number of carbonyl (C=O) groups is 1. The molecule has 0 spiro atoms. The second kappa shape index (κ2) is 9.17. The molecule has 150 valence electrons. The van der Waals surface area contributed by atoms with Gasteiger partial charge in [0.1, 0.15) is 0 Å². The van der Waals surface area contributed by atoms with Gasteiger partial charge < -0.3 is 10.2 Å². The van der Waals surface area contributed by atoms with Crippen molar-refractivity contribution in [3.8, 4) is 0 Å². The molecule has 0 aliphatic carbocycles. The summed E-state index contributed by atoms with van der Waals surface area (Å²) in [5.74, 6) is -0.272. The van der Waals surface area contributed by atoms with Crippen molar-refractivity contribution in [3.63, 3.8) is 0 Å². The summed E-state index contributed by atoms with van der Waals surface area (Å²) >= 11 is 0. The van der Waals surface area contributed by atoms with Gasteiger partial charge in [0.15, 0.2) is 0 Å². The molecule has 0 radical (unpaired) electrons. The molecule has 2 fully saturated rings. The van der Waals surface area contributed by atoms with Crippen LogP contribution in [0, 0.1) is 12.8 Å². The van der Waals surface area contributed by atoms with Crippen LogP contribution >= 0.6 is 0 Å². The lowest BCUT2D eigenvalue weighted by Crippen LogP contribution is -2.45. The number of aryl methyl sites for hydroxylation is 1. The Hall–Kier alpha value is -1.44. The van der Waals surface area contributed by atoms with E-state index in [0.29, 0.717) is 18.0 Å². The van der Waals surface area contributed by atoms with Crippen LogP contribution in [0.4, 0.5) is 0 Å². The van der Waals surface area contributed by atoms with Gasteiger partial charge in [0.05, 0.1) is 10.8 Å². The maximum atomic E-state index is 12.9. The predicted molar refractivity (Wildman–Crippen MR) is 106 cm³/mol. The van der Waals surface area contributed by atoms with Crippen molar-refractivity contribution < 1.29 is 13.2 Å². The number of benzene rings is 1. The van der Waals surface area contributed by atoms with Gasteiger partial charge in [-0.2, -0.15) is 4.31 Å². The minimum absolute atomic E-state index is 0.0137. The highest BCUT2D eigenvalue weighted by molar-refractivity contribution is 7.89. The summed E-state index contributed by atoms with van der Waals surface area (Å²) < 4.78 is 27.2. The van der Waals surface area contributed by atoms with Crippen LogP contribution in [0.15, 0.2) is 29.2 Å². The Morgan fingerprint density at radius 3 is 2.52 bits per heavy atom. The molecule has 7 heteroatoms. The van der Waals surface area contributed by atoms with E-state index >= 15 is 0 Å². The highest BCUT2D eigenvalue weighted by Crippen LogP contribution is 2.24. The molecule has 1 atom stereocenters. The quantitative estimate of drug-likeness (QED) is 0.720. The molecule has 3 rings (SSSR count). The molecule has 0 aromatic heterocycles. The summed E-state index contributed by atoms with van der Waals surface area (Å²) in [6.45, 7) is 6.71. The minimum Gasteiger partial charge on any atom is -0.356 e. The van der Waals surface area contributed by atoms with Crippen molar-refractivity contribution in [2.75, 3.05) is 39.3 Å². The molecule has 2 aliphatic rings. The fraction of sp³-hybridized carbons (Fsp3) is 0.650. The zero-order chi connectivity index (χ0) is 19.3. The van der Waals surface area contributed by atoms with Gasteiger partial charge >= 0.3 is 0 Å². The van der Waals surface area contributed by atoms with E-state index in [0.717, 1.165) is 31.4 Å². The van der Waals surface area contributed by atoms with Crippen LogP contribution < -0.4 is 5.32 Å². The highest BCUT2D eigenvalue weighted by Gasteiger charge is 2.33. The Morgan fingerprint density at radius 2 is 1.81 bits per heavy atom. The van der Waals surface area contributed by atoms with Gasteiger partial charge in [-0.05, 0) is 70.8 Å². The number of nitrogens with zero attached hydrogens (tertiary/aromatic N) is 2. The van der Waals surface area contributed by atoms with Crippen molar-refractivity contribution >= 4 is 15.9 Å². The summed E-state index contributed by atoms with van der Waals surface area (Å²) in [7, 11) is -3.53. The average molecular weight is 394 g/mol. The van der Waals surface area contributed by atoms with Gasteiger partial charge in [0, 0.05) is 19.6 Å². The monoisotopic (exact) mass is 393 g/mol. The molecule has 1 aromatic rings. The Labute approximate surface area is 163 Å². The second-order valence-corrected chi connectivity index (χ2v) is 9.65. The first-order valence-electron chi connectivity index (χ1n) is 10.0. The van der Waals surface area contributed by atoms with Crippen LogP contribution in [-0.2, 0) is 14.8 Å². The average Bonchev–Trinajstić information content (AvgIpc) is 3.19. The normalized spacial score (nSPS) is 22.0. The molecule has 0 unspecified atom stereocenters. The molecule has 2 aliphatic heterocycles. The first kappa shape index (κ1) is 20.3. The number of amides is 1. The molecule has 0 bridgehead atoms. The first-order valence-corrected chi connectivity index (χ1v) is 11.5. The van der Waals surface area contributed by atoms with Gasteiger partial charge in [0.25, 0.3) is 0 Å². The summed E-state index contributed by atoms with van der Waals surface area (Å²) in [6.07, 6.45) is 4.97. The Bertz CT molecular complexity index is 727. The van der Waals surface area contributed by atoms with Crippen molar-refractivity contribution in [3.05, 3.63) is 29.8 Å². The lowest BCUT2D eigenvalue weighted by atomic mass is 9.99. The van der Waals surface area contributed by atoms with E-state index in [9.17, 15) is 13.2 Å². The van der Waals surface area contributed by atoms with Crippen LogP contribution in [0.1, 0.15) is 37.7 Å². The third-order valence-electron chi connectivity index (χ3n) is 5.56. The van der Waals surface area contributed by atoms with Crippen molar-refractivity contribution in [1.82, 2.24) is 14.5 Å². The van der Waals surface area contributed by atoms with E-state index in [-0.39, 0.29) is 18.4 Å². The zero-order valence-corrected chi connectivity index (χ0v) is 17.0. The SMILES string of the molecule is Cc1ccc(S(=O)(=O)N2CCC[C@@H](C(=O)NCCCN3CCCC3)C2)cc1.